The molecule has 0 radical (unpaired) electrons. The number of hydrogen-bond acceptors (Lipinski definition) is 2. The summed E-state index contributed by atoms with van der Waals surface area (Å²) in [5, 5.41) is 0. The first-order valence-corrected chi connectivity index (χ1v) is 6.45. The van der Waals surface area contributed by atoms with Crippen molar-refractivity contribution in [3.63, 3.8) is 0 Å². The zero-order valence-electron chi connectivity index (χ0n) is 8.47. The molecular weight excluding hydrogens is 279 g/mol. The minimum Gasteiger partial charge on any atom is -0.454 e. The van der Waals surface area contributed by atoms with Crippen LogP contribution in [0.5, 0.6) is 0 Å². The van der Waals surface area contributed by atoms with Crippen molar-refractivity contribution in [2.75, 3.05) is 19.1 Å². The molecule has 4 heteroatoms. The van der Waals surface area contributed by atoms with Crippen LogP contribution in [0, 0.1) is 5.41 Å². The Kier molecular flexibility index (Phi) is 3.75. The van der Waals surface area contributed by atoms with Gasteiger partial charge >= 0.3 is 0 Å². The summed E-state index contributed by atoms with van der Waals surface area (Å²) in [7, 11) is 0. The normalized spacial score (nSPS) is 26.8. The van der Waals surface area contributed by atoms with Crippen molar-refractivity contribution in [2.45, 2.75) is 19.3 Å². The number of halogens is 2. The van der Waals surface area contributed by atoms with Crippen LogP contribution in [0.1, 0.15) is 18.6 Å². The molecule has 0 aliphatic carbocycles. The van der Waals surface area contributed by atoms with E-state index >= 15 is 0 Å². The molecule has 1 aromatic rings. The SMILES string of the molecule is ClCC1(Cc2ccc(Br)o2)CCCOC1. The Bertz CT molecular complexity index is 318. The Labute approximate surface area is 103 Å². The molecule has 0 saturated carbocycles. The van der Waals surface area contributed by atoms with E-state index in [2.05, 4.69) is 15.9 Å². The summed E-state index contributed by atoms with van der Waals surface area (Å²) in [5.74, 6) is 1.61. The van der Waals surface area contributed by atoms with Gasteiger partial charge in [-0.05, 0) is 40.9 Å². The third kappa shape index (κ3) is 2.77. The van der Waals surface area contributed by atoms with Gasteiger partial charge in [0.05, 0.1) is 6.61 Å². The van der Waals surface area contributed by atoms with Crippen molar-refractivity contribution < 1.29 is 9.15 Å². The summed E-state index contributed by atoms with van der Waals surface area (Å²) in [6.45, 7) is 1.61. The highest BCUT2D eigenvalue weighted by Gasteiger charge is 2.33. The summed E-state index contributed by atoms with van der Waals surface area (Å²) >= 11 is 9.37. The van der Waals surface area contributed by atoms with Crippen molar-refractivity contribution in [1.29, 1.82) is 0 Å². The van der Waals surface area contributed by atoms with E-state index in [1.165, 1.54) is 0 Å². The highest BCUT2D eigenvalue weighted by molar-refractivity contribution is 9.10. The summed E-state index contributed by atoms with van der Waals surface area (Å²) in [6.07, 6.45) is 3.07. The fourth-order valence-corrected chi connectivity index (χ4v) is 2.66. The van der Waals surface area contributed by atoms with E-state index in [0.717, 1.165) is 42.9 Å². The van der Waals surface area contributed by atoms with E-state index in [9.17, 15) is 0 Å². The lowest BCUT2D eigenvalue weighted by Crippen LogP contribution is -2.35. The molecule has 1 aliphatic heterocycles. The van der Waals surface area contributed by atoms with Crippen LogP contribution in [-0.4, -0.2) is 19.1 Å². The number of rotatable bonds is 3. The van der Waals surface area contributed by atoms with E-state index < -0.39 is 0 Å². The molecular formula is C11H14BrClO2. The Morgan fingerprint density at radius 2 is 2.33 bits per heavy atom. The average Bonchev–Trinajstić information content (AvgIpc) is 2.65. The number of alkyl halides is 1. The van der Waals surface area contributed by atoms with Crippen LogP contribution in [0.4, 0.5) is 0 Å². The molecule has 1 atom stereocenters. The van der Waals surface area contributed by atoms with Gasteiger partial charge in [-0.2, -0.15) is 0 Å². The second-order valence-electron chi connectivity index (χ2n) is 4.17. The molecule has 2 rings (SSSR count). The quantitative estimate of drug-likeness (QED) is 0.794. The van der Waals surface area contributed by atoms with Gasteiger partial charge in [-0.3, -0.25) is 0 Å². The molecule has 1 saturated heterocycles. The molecule has 1 unspecified atom stereocenters. The summed E-state index contributed by atoms with van der Waals surface area (Å²) in [5.41, 5.74) is 0.0666. The summed E-state index contributed by atoms with van der Waals surface area (Å²) in [6, 6.07) is 3.91. The maximum Gasteiger partial charge on any atom is 0.169 e. The molecule has 1 aliphatic rings. The lowest BCUT2D eigenvalue weighted by molar-refractivity contribution is 0.00228. The molecule has 1 fully saturated rings. The van der Waals surface area contributed by atoms with Gasteiger partial charge in [-0.1, -0.05) is 0 Å². The molecule has 0 bridgehead atoms. The minimum absolute atomic E-state index is 0.0666. The van der Waals surface area contributed by atoms with Crippen LogP contribution < -0.4 is 0 Å². The molecule has 0 amide bonds. The zero-order valence-corrected chi connectivity index (χ0v) is 10.8. The van der Waals surface area contributed by atoms with Crippen molar-refractivity contribution in [2.24, 2.45) is 5.41 Å². The van der Waals surface area contributed by atoms with Crippen molar-refractivity contribution in [3.05, 3.63) is 22.6 Å². The fourth-order valence-electron chi connectivity index (χ4n) is 2.02. The van der Waals surface area contributed by atoms with Gasteiger partial charge in [-0.25, -0.2) is 0 Å². The second kappa shape index (κ2) is 4.89. The molecule has 0 N–H and O–H groups in total. The van der Waals surface area contributed by atoms with Gasteiger partial charge in [0.15, 0.2) is 4.67 Å². The van der Waals surface area contributed by atoms with Gasteiger partial charge in [-0.15, -0.1) is 11.6 Å². The van der Waals surface area contributed by atoms with Crippen LogP contribution in [-0.2, 0) is 11.2 Å². The fraction of sp³-hybridized carbons (Fsp3) is 0.636. The predicted molar refractivity (Wildman–Crippen MR) is 63.3 cm³/mol. The van der Waals surface area contributed by atoms with Crippen LogP contribution in [0.3, 0.4) is 0 Å². The van der Waals surface area contributed by atoms with E-state index in [0.29, 0.717) is 5.88 Å². The highest BCUT2D eigenvalue weighted by atomic mass is 79.9. The lowest BCUT2D eigenvalue weighted by atomic mass is 9.80. The molecule has 2 nitrogen and oxygen atoms in total. The first kappa shape index (κ1) is 11.5. The standard InChI is InChI=1S/C11H14BrClO2/c12-10-3-2-9(15-10)6-11(7-13)4-1-5-14-8-11/h2-3H,1,4-8H2. The maximum atomic E-state index is 6.06. The van der Waals surface area contributed by atoms with E-state index in [1.54, 1.807) is 0 Å². The number of furan rings is 1. The number of hydrogen-bond donors (Lipinski definition) is 0. The van der Waals surface area contributed by atoms with Gasteiger partial charge in [0.2, 0.25) is 0 Å². The minimum atomic E-state index is 0.0666. The van der Waals surface area contributed by atoms with Crippen LogP contribution >= 0.6 is 27.5 Å². The Morgan fingerprint density at radius 1 is 1.47 bits per heavy atom. The van der Waals surface area contributed by atoms with Gasteiger partial charge in [0, 0.05) is 24.3 Å². The van der Waals surface area contributed by atoms with Crippen LogP contribution in [0.15, 0.2) is 21.2 Å². The third-order valence-electron chi connectivity index (χ3n) is 2.87. The molecule has 1 aromatic heterocycles. The smallest absolute Gasteiger partial charge is 0.169 e. The second-order valence-corrected chi connectivity index (χ2v) is 5.22. The van der Waals surface area contributed by atoms with Crippen LogP contribution in [0.2, 0.25) is 0 Å². The average molecular weight is 294 g/mol. The van der Waals surface area contributed by atoms with Crippen LogP contribution in [0.25, 0.3) is 0 Å². The molecule has 2 heterocycles. The van der Waals surface area contributed by atoms with E-state index in [1.807, 2.05) is 12.1 Å². The zero-order chi connectivity index (χ0) is 10.7. The third-order valence-corrected chi connectivity index (χ3v) is 3.86. The maximum absolute atomic E-state index is 6.06. The van der Waals surface area contributed by atoms with E-state index in [-0.39, 0.29) is 5.41 Å². The van der Waals surface area contributed by atoms with Crippen molar-refractivity contribution in [3.8, 4) is 0 Å². The Morgan fingerprint density at radius 3 is 2.87 bits per heavy atom. The Hall–Kier alpha value is 0.01000. The van der Waals surface area contributed by atoms with Gasteiger partial charge in [0.25, 0.3) is 0 Å². The van der Waals surface area contributed by atoms with Crippen molar-refractivity contribution >= 4 is 27.5 Å². The first-order chi connectivity index (χ1) is 7.24. The highest BCUT2D eigenvalue weighted by Crippen LogP contribution is 2.34. The summed E-state index contributed by atoms with van der Waals surface area (Å²) < 4.78 is 11.8. The first-order valence-electron chi connectivity index (χ1n) is 5.12. The topological polar surface area (TPSA) is 22.4 Å². The molecule has 15 heavy (non-hydrogen) atoms. The van der Waals surface area contributed by atoms with Gasteiger partial charge in [0.1, 0.15) is 5.76 Å². The molecule has 84 valence electrons. The molecule has 0 spiro atoms. The lowest BCUT2D eigenvalue weighted by Gasteiger charge is -2.34. The number of ether oxygens (including phenoxy) is 1. The largest absolute Gasteiger partial charge is 0.454 e. The predicted octanol–water partition coefficient (Wildman–Crippen LogP) is 3.62. The molecule has 0 aromatic carbocycles. The van der Waals surface area contributed by atoms with Gasteiger partial charge < -0.3 is 9.15 Å². The summed E-state index contributed by atoms with van der Waals surface area (Å²) in [4.78, 5) is 0. The van der Waals surface area contributed by atoms with Crippen molar-refractivity contribution in [1.82, 2.24) is 0 Å². The Balaban J connectivity index is 2.06. The van der Waals surface area contributed by atoms with E-state index in [4.69, 9.17) is 20.8 Å². The monoisotopic (exact) mass is 292 g/mol.